The maximum atomic E-state index is 11.5. The number of hydrazine groups is 1. The second kappa shape index (κ2) is 5.92. The van der Waals surface area contributed by atoms with Crippen molar-refractivity contribution in [3.05, 3.63) is 64.4 Å². The molecular formula is C14H11ClN6O. The molecular weight excluding hydrogens is 304 g/mol. The largest absolute Gasteiger partial charge is 0.357 e. The van der Waals surface area contributed by atoms with Crippen LogP contribution >= 0.6 is 11.6 Å². The molecule has 2 aromatic rings. The Bertz CT molecular complexity index is 841. The Morgan fingerprint density at radius 2 is 1.77 bits per heavy atom. The summed E-state index contributed by atoms with van der Waals surface area (Å²) in [7, 11) is 0. The van der Waals surface area contributed by atoms with Gasteiger partial charge in [0, 0.05) is 17.3 Å². The van der Waals surface area contributed by atoms with E-state index in [9.17, 15) is 4.79 Å². The monoisotopic (exact) mass is 314 g/mol. The van der Waals surface area contributed by atoms with Crippen molar-refractivity contribution in [1.82, 2.24) is 19.5 Å². The minimum Gasteiger partial charge on any atom is -0.292 e. The van der Waals surface area contributed by atoms with Crippen molar-refractivity contribution in [2.45, 2.75) is 0 Å². The summed E-state index contributed by atoms with van der Waals surface area (Å²) in [5.74, 6) is 5.46. The Labute approximate surface area is 130 Å². The summed E-state index contributed by atoms with van der Waals surface area (Å²) in [6, 6.07) is 11.6. The molecule has 2 aliphatic rings. The third kappa shape index (κ3) is 2.80. The van der Waals surface area contributed by atoms with Crippen LogP contribution in [0.5, 0.6) is 0 Å². The number of nitrogens with one attached hydrogen (secondary N) is 1. The number of fused-ring (bicyclic) bond motifs is 1. The quantitative estimate of drug-likeness (QED) is 0.431. The van der Waals surface area contributed by atoms with E-state index in [0.717, 1.165) is 4.57 Å². The van der Waals surface area contributed by atoms with Crippen LogP contribution in [0.3, 0.4) is 0 Å². The van der Waals surface area contributed by atoms with Gasteiger partial charge in [0.15, 0.2) is 0 Å². The van der Waals surface area contributed by atoms with E-state index in [1.165, 1.54) is 29.7 Å². The lowest BCUT2D eigenvalue weighted by molar-refractivity contribution is 0.835. The van der Waals surface area contributed by atoms with Gasteiger partial charge in [-0.15, -0.1) is 0 Å². The zero-order valence-electron chi connectivity index (χ0n) is 11.3. The number of hydrogen-bond acceptors (Lipinski definition) is 6. The van der Waals surface area contributed by atoms with Crippen LogP contribution in [0.2, 0.25) is 5.02 Å². The number of anilines is 1. The lowest BCUT2D eigenvalue weighted by atomic mass is 9.95. The molecule has 2 aromatic heterocycles. The smallest absolute Gasteiger partial charge is 0.292 e. The fourth-order valence-electron chi connectivity index (χ4n) is 1.75. The van der Waals surface area contributed by atoms with E-state index in [1.807, 2.05) is 0 Å². The first-order valence-electron chi connectivity index (χ1n) is 6.32. The zero-order valence-corrected chi connectivity index (χ0v) is 12.0. The Balaban J connectivity index is 0.000000196. The highest BCUT2D eigenvalue weighted by Gasteiger charge is 2.05. The molecule has 0 radical (unpaired) electrons. The molecule has 0 saturated carbocycles. The zero-order chi connectivity index (χ0) is 15.5. The molecule has 7 nitrogen and oxygen atoms in total. The molecule has 0 amide bonds. The van der Waals surface area contributed by atoms with E-state index in [2.05, 4.69) is 44.6 Å². The van der Waals surface area contributed by atoms with Crippen molar-refractivity contribution in [2.75, 3.05) is 5.43 Å². The molecule has 4 rings (SSSR count). The lowest BCUT2D eigenvalue weighted by Crippen LogP contribution is -2.25. The normalized spacial score (nSPS) is 10.5. The Morgan fingerprint density at radius 1 is 1.09 bits per heavy atom. The van der Waals surface area contributed by atoms with Gasteiger partial charge in [-0.05, 0) is 17.2 Å². The summed E-state index contributed by atoms with van der Waals surface area (Å²) >= 11 is 5.78. The van der Waals surface area contributed by atoms with Crippen LogP contribution in [0, 0.1) is 0 Å². The molecule has 0 spiro atoms. The minimum atomic E-state index is -0.544. The molecule has 22 heavy (non-hydrogen) atoms. The van der Waals surface area contributed by atoms with E-state index in [4.69, 9.17) is 17.4 Å². The van der Waals surface area contributed by atoms with Crippen LogP contribution in [0.15, 0.2) is 53.7 Å². The predicted octanol–water partition coefficient (Wildman–Crippen LogP) is 1.63. The van der Waals surface area contributed by atoms with Crippen molar-refractivity contribution in [3.8, 4) is 16.9 Å². The predicted molar refractivity (Wildman–Crippen MR) is 83.7 cm³/mol. The first kappa shape index (κ1) is 14.2. The van der Waals surface area contributed by atoms with Crippen LogP contribution in [0.4, 0.5) is 5.95 Å². The molecule has 8 heteroatoms. The number of benzene rings is 1. The van der Waals surface area contributed by atoms with Gasteiger partial charge in [-0.3, -0.25) is 5.43 Å². The Morgan fingerprint density at radius 3 is 2.23 bits per heavy atom. The third-order valence-electron chi connectivity index (χ3n) is 3.00. The molecule has 0 fully saturated rings. The first-order valence-corrected chi connectivity index (χ1v) is 6.70. The van der Waals surface area contributed by atoms with Gasteiger partial charge in [-0.1, -0.05) is 35.9 Å². The fourth-order valence-corrected chi connectivity index (χ4v) is 1.90. The molecule has 0 atom stereocenters. The minimum absolute atomic E-state index is 0.0447. The van der Waals surface area contributed by atoms with E-state index < -0.39 is 5.69 Å². The highest BCUT2D eigenvalue weighted by atomic mass is 35.5. The van der Waals surface area contributed by atoms with Gasteiger partial charge in [0.1, 0.15) is 12.1 Å². The second-order valence-electron chi connectivity index (χ2n) is 4.39. The molecule has 2 heterocycles. The SMILES string of the molecule is NNc1ncn(-c2cc(Cl)ccn2)c(=O)n1.c1cc2ccc1-2. The summed E-state index contributed by atoms with van der Waals surface area (Å²) in [6.45, 7) is 0. The number of rotatable bonds is 2. The standard InChI is InChI=1S/C8H7ClN6O.C6H4/c9-5-1-2-11-6(3-5)15-4-12-7(14-10)13-8(15)16;1-2-6-4-3-5(1)6/h1-4H,10H2,(H,13,14,16);1-4H. The van der Waals surface area contributed by atoms with E-state index in [1.54, 1.807) is 6.07 Å². The summed E-state index contributed by atoms with van der Waals surface area (Å²) in [6.07, 6.45) is 2.75. The third-order valence-corrected chi connectivity index (χ3v) is 3.24. The van der Waals surface area contributed by atoms with Gasteiger partial charge in [-0.25, -0.2) is 25.2 Å². The maximum Gasteiger partial charge on any atom is 0.357 e. The number of halogens is 1. The lowest BCUT2D eigenvalue weighted by Gasteiger charge is -2.10. The molecule has 0 bridgehead atoms. The number of nitrogen functional groups attached to an aromatic ring is 1. The molecule has 110 valence electrons. The topological polar surface area (TPSA) is 98.7 Å². The van der Waals surface area contributed by atoms with Gasteiger partial charge in [0.2, 0.25) is 5.95 Å². The maximum absolute atomic E-state index is 11.5. The number of nitrogens with zero attached hydrogens (tertiary/aromatic N) is 4. The summed E-state index contributed by atoms with van der Waals surface area (Å²) < 4.78 is 1.16. The van der Waals surface area contributed by atoms with E-state index in [-0.39, 0.29) is 5.95 Å². The van der Waals surface area contributed by atoms with Gasteiger partial charge in [-0.2, -0.15) is 4.98 Å². The van der Waals surface area contributed by atoms with Gasteiger partial charge >= 0.3 is 5.69 Å². The average molecular weight is 315 g/mol. The Kier molecular flexibility index (Phi) is 3.82. The molecule has 2 aliphatic carbocycles. The van der Waals surface area contributed by atoms with Gasteiger partial charge < -0.3 is 0 Å². The van der Waals surface area contributed by atoms with Crippen molar-refractivity contribution in [2.24, 2.45) is 5.84 Å². The highest BCUT2D eigenvalue weighted by molar-refractivity contribution is 6.30. The van der Waals surface area contributed by atoms with Crippen molar-refractivity contribution >= 4 is 17.5 Å². The van der Waals surface area contributed by atoms with Crippen molar-refractivity contribution in [3.63, 3.8) is 0 Å². The van der Waals surface area contributed by atoms with E-state index >= 15 is 0 Å². The van der Waals surface area contributed by atoms with Gasteiger partial charge in [0.25, 0.3) is 0 Å². The van der Waals surface area contributed by atoms with Crippen LogP contribution in [0.1, 0.15) is 0 Å². The summed E-state index contributed by atoms with van der Waals surface area (Å²) in [5.41, 5.74) is 4.48. The summed E-state index contributed by atoms with van der Waals surface area (Å²) in [4.78, 5) is 22.9. The van der Waals surface area contributed by atoms with Crippen LogP contribution in [0.25, 0.3) is 16.9 Å². The number of aromatic nitrogens is 4. The van der Waals surface area contributed by atoms with Crippen LogP contribution < -0.4 is 17.0 Å². The molecule has 0 aromatic carbocycles. The average Bonchev–Trinajstić information content (AvgIpc) is 2.51. The fraction of sp³-hybridized carbons (Fsp3) is 0. The van der Waals surface area contributed by atoms with E-state index in [0.29, 0.717) is 10.8 Å². The number of nitrogens with two attached hydrogens (primary N) is 1. The second-order valence-corrected chi connectivity index (χ2v) is 4.82. The van der Waals surface area contributed by atoms with Crippen LogP contribution in [-0.4, -0.2) is 19.5 Å². The number of pyridine rings is 1. The molecule has 0 saturated heterocycles. The van der Waals surface area contributed by atoms with Crippen molar-refractivity contribution < 1.29 is 0 Å². The molecule has 3 N–H and O–H groups in total. The highest BCUT2D eigenvalue weighted by Crippen LogP contribution is 2.29. The van der Waals surface area contributed by atoms with Crippen molar-refractivity contribution in [1.29, 1.82) is 0 Å². The van der Waals surface area contributed by atoms with Gasteiger partial charge in [0.05, 0.1) is 0 Å². The summed E-state index contributed by atoms with van der Waals surface area (Å²) in [5, 5.41) is 0.470. The Hall–Kier alpha value is -2.77. The number of hydrogen-bond donors (Lipinski definition) is 2. The molecule has 0 aliphatic heterocycles. The first-order chi connectivity index (χ1) is 10.7. The van der Waals surface area contributed by atoms with Crippen LogP contribution in [-0.2, 0) is 0 Å². The molecule has 0 unspecified atom stereocenters.